The fraction of sp³-hybridized carbons (Fsp3) is 0.615. The first-order valence-electron chi connectivity index (χ1n) is 6.75. The maximum Gasteiger partial charge on any atom is 0.254 e. The molecule has 1 N–H and O–H groups in total. The van der Waals surface area contributed by atoms with Crippen LogP contribution < -0.4 is 5.32 Å². The fourth-order valence-corrected chi connectivity index (χ4v) is 2.60. The van der Waals surface area contributed by atoms with Gasteiger partial charge in [0.1, 0.15) is 12.1 Å². The van der Waals surface area contributed by atoms with Gasteiger partial charge < -0.3 is 10.1 Å². The summed E-state index contributed by atoms with van der Waals surface area (Å²) >= 11 is 0. The van der Waals surface area contributed by atoms with Crippen LogP contribution >= 0.6 is 0 Å². The molecule has 0 aliphatic carbocycles. The van der Waals surface area contributed by atoms with Crippen LogP contribution in [-0.2, 0) is 4.74 Å². The molecule has 3 heterocycles. The first-order chi connectivity index (χ1) is 9.24. The van der Waals surface area contributed by atoms with Crippen molar-refractivity contribution in [2.75, 3.05) is 18.5 Å². The smallest absolute Gasteiger partial charge is 0.254 e. The van der Waals surface area contributed by atoms with Crippen LogP contribution in [-0.4, -0.2) is 38.8 Å². The highest BCUT2D eigenvalue weighted by molar-refractivity contribution is 5.45. The van der Waals surface area contributed by atoms with Gasteiger partial charge in [0.2, 0.25) is 0 Å². The summed E-state index contributed by atoms with van der Waals surface area (Å²) in [4.78, 5) is 8.49. The number of nitrogens with one attached hydrogen (secondary N) is 1. The van der Waals surface area contributed by atoms with E-state index in [2.05, 4.69) is 27.3 Å². The average molecular weight is 261 g/mol. The maximum atomic E-state index is 5.41. The van der Waals surface area contributed by atoms with Crippen LogP contribution in [0.5, 0.6) is 0 Å². The minimum absolute atomic E-state index is 0.387. The molecule has 19 heavy (non-hydrogen) atoms. The van der Waals surface area contributed by atoms with Gasteiger partial charge in [0.05, 0.1) is 0 Å². The van der Waals surface area contributed by atoms with Crippen LogP contribution in [0.25, 0.3) is 5.78 Å². The standard InChI is InChI=1S/C13H19N5O/c1-9-7-12(18-13(16-9)14-8-15-18)17-10(2)11-3-5-19-6-4-11/h7-8,10-11,17H,3-6H2,1-2H3. The maximum absolute atomic E-state index is 5.41. The summed E-state index contributed by atoms with van der Waals surface area (Å²) in [6.45, 7) is 5.92. The molecule has 0 bridgehead atoms. The molecule has 1 aliphatic rings. The van der Waals surface area contributed by atoms with Gasteiger partial charge >= 0.3 is 0 Å². The molecule has 0 aromatic carbocycles. The Hall–Kier alpha value is -1.69. The third-order valence-corrected chi connectivity index (χ3v) is 3.73. The second kappa shape index (κ2) is 5.13. The molecule has 2 aromatic heterocycles. The van der Waals surface area contributed by atoms with Crippen molar-refractivity contribution in [3.05, 3.63) is 18.1 Å². The third kappa shape index (κ3) is 2.53. The van der Waals surface area contributed by atoms with Crippen LogP contribution in [0.15, 0.2) is 12.4 Å². The van der Waals surface area contributed by atoms with Gasteiger partial charge in [0.25, 0.3) is 5.78 Å². The Balaban J connectivity index is 1.82. The molecular weight excluding hydrogens is 242 g/mol. The molecule has 2 aromatic rings. The van der Waals surface area contributed by atoms with Gasteiger partial charge in [-0.15, -0.1) is 0 Å². The van der Waals surface area contributed by atoms with Crippen molar-refractivity contribution in [3.63, 3.8) is 0 Å². The van der Waals surface area contributed by atoms with Gasteiger partial charge in [-0.25, -0.2) is 4.98 Å². The van der Waals surface area contributed by atoms with Crippen molar-refractivity contribution in [2.45, 2.75) is 32.7 Å². The van der Waals surface area contributed by atoms with Crippen molar-refractivity contribution in [1.29, 1.82) is 0 Å². The van der Waals surface area contributed by atoms with Gasteiger partial charge in [-0.1, -0.05) is 0 Å². The van der Waals surface area contributed by atoms with Gasteiger partial charge in [0.15, 0.2) is 0 Å². The van der Waals surface area contributed by atoms with Crippen LogP contribution in [0.4, 0.5) is 5.82 Å². The molecule has 0 spiro atoms. The number of ether oxygens (including phenoxy) is 1. The number of hydrogen-bond donors (Lipinski definition) is 1. The number of fused-ring (bicyclic) bond motifs is 1. The van der Waals surface area contributed by atoms with E-state index in [0.717, 1.165) is 37.6 Å². The van der Waals surface area contributed by atoms with Gasteiger partial charge in [-0.2, -0.15) is 14.6 Å². The zero-order valence-electron chi connectivity index (χ0n) is 11.3. The summed E-state index contributed by atoms with van der Waals surface area (Å²) in [6, 6.07) is 2.40. The minimum atomic E-state index is 0.387. The molecule has 0 amide bonds. The predicted molar refractivity (Wildman–Crippen MR) is 72.1 cm³/mol. The molecule has 102 valence electrons. The highest BCUT2D eigenvalue weighted by Crippen LogP contribution is 2.22. The number of nitrogens with zero attached hydrogens (tertiary/aromatic N) is 4. The number of rotatable bonds is 3. The van der Waals surface area contributed by atoms with E-state index in [9.17, 15) is 0 Å². The Labute approximate surface area is 112 Å². The third-order valence-electron chi connectivity index (χ3n) is 3.73. The second-order valence-electron chi connectivity index (χ2n) is 5.14. The molecule has 1 unspecified atom stereocenters. The quantitative estimate of drug-likeness (QED) is 0.910. The average Bonchev–Trinajstić information content (AvgIpc) is 2.88. The van der Waals surface area contributed by atoms with E-state index in [1.807, 2.05) is 13.0 Å². The van der Waals surface area contributed by atoms with Crippen molar-refractivity contribution < 1.29 is 4.74 Å². The molecule has 0 radical (unpaired) electrons. The highest BCUT2D eigenvalue weighted by Gasteiger charge is 2.21. The summed E-state index contributed by atoms with van der Waals surface area (Å²) in [5.41, 5.74) is 0.946. The molecule has 3 rings (SSSR count). The van der Waals surface area contributed by atoms with E-state index in [1.165, 1.54) is 6.33 Å². The Morgan fingerprint density at radius 2 is 2.21 bits per heavy atom. The number of anilines is 1. The zero-order valence-corrected chi connectivity index (χ0v) is 11.3. The first-order valence-corrected chi connectivity index (χ1v) is 6.75. The molecule has 6 nitrogen and oxygen atoms in total. The van der Waals surface area contributed by atoms with Gasteiger partial charge in [-0.3, -0.25) is 0 Å². The molecule has 1 saturated heterocycles. The monoisotopic (exact) mass is 261 g/mol. The summed E-state index contributed by atoms with van der Waals surface area (Å²) in [7, 11) is 0. The topological polar surface area (TPSA) is 64.3 Å². The lowest BCUT2D eigenvalue weighted by molar-refractivity contribution is 0.0622. The highest BCUT2D eigenvalue weighted by atomic mass is 16.5. The van der Waals surface area contributed by atoms with Crippen molar-refractivity contribution in [3.8, 4) is 0 Å². The first kappa shape index (κ1) is 12.3. The van der Waals surface area contributed by atoms with Crippen LogP contribution in [0.2, 0.25) is 0 Å². The normalized spacial score (nSPS) is 18.6. The van der Waals surface area contributed by atoms with Crippen LogP contribution in [0.3, 0.4) is 0 Å². The number of aromatic nitrogens is 4. The Morgan fingerprint density at radius 1 is 1.42 bits per heavy atom. The summed E-state index contributed by atoms with van der Waals surface area (Å²) in [5.74, 6) is 2.24. The largest absolute Gasteiger partial charge is 0.381 e. The number of aryl methyl sites for hydroxylation is 1. The molecule has 1 atom stereocenters. The zero-order chi connectivity index (χ0) is 13.2. The Kier molecular flexibility index (Phi) is 3.33. The minimum Gasteiger partial charge on any atom is -0.381 e. The summed E-state index contributed by atoms with van der Waals surface area (Å²) < 4.78 is 7.16. The fourth-order valence-electron chi connectivity index (χ4n) is 2.60. The second-order valence-corrected chi connectivity index (χ2v) is 5.14. The van der Waals surface area contributed by atoms with Crippen molar-refractivity contribution in [1.82, 2.24) is 19.6 Å². The summed E-state index contributed by atoms with van der Waals surface area (Å²) in [6.07, 6.45) is 3.75. The van der Waals surface area contributed by atoms with E-state index in [-0.39, 0.29) is 0 Å². The molecule has 6 heteroatoms. The lowest BCUT2D eigenvalue weighted by Crippen LogP contribution is -2.31. The van der Waals surface area contributed by atoms with E-state index < -0.39 is 0 Å². The van der Waals surface area contributed by atoms with E-state index >= 15 is 0 Å². The van der Waals surface area contributed by atoms with Crippen LogP contribution in [0.1, 0.15) is 25.5 Å². The van der Waals surface area contributed by atoms with Crippen LogP contribution in [0, 0.1) is 12.8 Å². The lowest BCUT2D eigenvalue weighted by Gasteiger charge is -2.29. The van der Waals surface area contributed by atoms with E-state index in [1.54, 1.807) is 4.52 Å². The summed E-state index contributed by atoms with van der Waals surface area (Å²) in [5, 5.41) is 7.76. The predicted octanol–water partition coefficient (Wildman–Crippen LogP) is 1.66. The van der Waals surface area contributed by atoms with E-state index in [0.29, 0.717) is 17.7 Å². The van der Waals surface area contributed by atoms with E-state index in [4.69, 9.17) is 4.74 Å². The lowest BCUT2D eigenvalue weighted by atomic mass is 9.93. The molecule has 1 fully saturated rings. The van der Waals surface area contributed by atoms with Crippen molar-refractivity contribution >= 4 is 11.6 Å². The van der Waals surface area contributed by atoms with Crippen molar-refractivity contribution in [2.24, 2.45) is 5.92 Å². The van der Waals surface area contributed by atoms with Gasteiger partial charge in [0, 0.05) is 31.0 Å². The van der Waals surface area contributed by atoms with Gasteiger partial charge in [-0.05, 0) is 32.6 Å². The molecule has 0 saturated carbocycles. The SMILES string of the molecule is Cc1cc(NC(C)C2CCOCC2)n2ncnc2n1. The number of hydrogen-bond acceptors (Lipinski definition) is 5. The molecule has 1 aliphatic heterocycles. The Bertz CT molecular complexity index is 561. The molecular formula is C13H19N5O. The Morgan fingerprint density at radius 3 is 3.00 bits per heavy atom.